The first-order chi connectivity index (χ1) is 7.59. The van der Waals surface area contributed by atoms with Crippen LogP contribution >= 0.6 is 0 Å². The normalized spacial score (nSPS) is 24.2. The van der Waals surface area contributed by atoms with Gasteiger partial charge in [0, 0.05) is 6.04 Å². The van der Waals surface area contributed by atoms with Gasteiger partial charge in [-0.05, 0) is 38.1 Å². The van der Waals surface area contributed by atoms with E-state index in [9.17, 15) is 4.79 Å². The maximum absolute atomic E-state index is 11.5. The van der Waals surface area contributed by atoms with Crippen LogP contribution in [0, 0.1) is 0 Å². The van der Waals surface area contributed by atoms with E-state index in [0.717, 1.165) is 18.4 Å². The highest BCUT2D eigenvalue weighted by molar-refractivity contribution is 5.82. The van der Waals surface area contributed by atoms with E-state index in [1.807, 2.05) is 18.2 Å². The van der Waals surface area contributed by atoms with Crippen molar-refractivity contribution in [1.29, 1.82) is 0 Å². The number of nitrogens with zero attached hydrogens (tertiary/aromatic N) is 1. The highest BCUT2D eigenvalue weighted by atomic mass is 16.1. The zero-order chi connectivity index (χ0) is 11.7. The van der Waals surface area contributed by atoms with Gasteiger partial charge in [0.25, 0.3) is 0 Å². The minimum absolute atomic E-state index is 0.127. The standard InChI is InChI=1S/C13H18N2O/c1-15(2)10-7-9-5-3-4-6-11(9)12(8-10)13(14)16/h3-6,10,12H,7-8H2,1-2H3,(H2,14,16). The van der Waals surface area contributed by atoms with Gasteiger partial charge in [-0.25, -0.2) is 0 Å². The second-order valence-corrected chi connectivity index (χ2v) is 4.71. The van der Waals surface area contributed by atoms with Crippen molar-refractivity contribution in [3.8, 4) is 0 Å². The quantitative estimate of drug-likeness (QED) is 0.809. The fraction of sp³-hybridized carbons (Fsp3) is 0.462. The second kappa shape index (κ2) is 4.26. The van der Waals surface area contributed by atoms with Crippen LogP contribution in [-0.2, 0) is 11.2 Å². The summed E-state index contributed by atoms with van der Waals surface area (Å²) in [6.45, 7) is 0. The number of rotatable bonds is 2. The van der Waals surface area contributed by atoms with E-state index >= 15 is 0 Å². The highest BCUT2D eigenvalue weighted by Gasteiger charge is 2.30. The molecule has 1 amide bonds. The number of carbonyl (C=O) groups is 1. The average Bonchev–Trinajstić information content (AvgIpc) is 2.27. The number of nitrogens with two attached hydrogens (primary N) is 1. The Hall–Kier alpha value is -1.35. The minimum Gasteiger partial charge on any atom is -0.369 e. The van der Waals surface area contributed by atoms with Gasteiger partial charge in [0.05, 0.1) is 5.92 Å². The van der Waals surface area contributed by atoms with E-state index in [4.69, 9.17) is 5.73 Å². The molecule has 2 N–H and O–H groups in total. The molecule has 2 atom stereocenters. The van der Waals surface area contributed by atoms with E-state index in [2.05, 4.69) is 25.1 Å². The molecule has 2 unspecified atom stereocenters. The topological polar surface area (TPSA) is 46.3 Å². The monoisotopic (exact) mass is 218 g/mol. The molecule has 1 aromatic rings. The molecule has 1 aliphatic rings. The molecule has 0 radical (unpaired) electrons. The summed E-state index contributed by atoms with van der Waals surface area (Å²) >= 11 is 0. The van der Waals surface area contributed by atoms with Crippen LogP contribution < -0.4 is 5.73 Å². The van der Waals surface area contributed by atoms with Crippen LogP contribution in [-0.4, -0.2) is 30.9 Å². The molecule has 0 bridgehead atoms. The van der Waals surface area contributed by atoms with Crippen LogP contribution in [0.5, 0.6) is 0 Å². The Morgan fingerprint density at radius 1 is 1.38 bits per heavy atom. The summed E-state index contributed by atoms with van der Waals surface area (Å²) in [4.78, 5) is 13.7. The van der Waals surface area contributed by atoms with Gasteiger partial charge in [-0.1, -0.05) is 24.3 Å². The summed E-state index contributed by atoms with van der Waals surface area (Å²) in [7, 11) is 4.10. The largest absolute Gasteiger partial charge is 0.369 e. The van der Waals surface area contributed by atoms with Gasteiger partial charge < -0.3 is 10.6 Å². The SMILES string of the molecule is CN(C)C1Cc2ccccc2C(C(N)=O)C1. The van der Waals surface area contributed by atoms with E-state index in [0.29, 0.717) is 6.04 Å². The number of hydrogen-bond acceptors (Lipinski definition) is 2. The Bertz CT molecular complexity index is 401. The molecule has 86 valence electrons. The third-order valence-electron chi connectivity index (χ3n) is 3.47. The van der Waals surface area contributed by atoms with Crippen molar-refractivity contribution in [1.82, 2.24) is 4.90 Å². The van der Waals surface area contributed by atoms with Crippen LogP contribution in [0.1, 0.15) is 23.5 Å². The Balaban J connectivity index is 2.37. The van der Waals surface area contributed by atoms with Crippen molar-refractivity contribution in [2.24, 2.45) is 5.73 Å². The smallest absolute Gasteiger partial charge is 0.225 e. The average molecular weight is 218 g/mol. The minimum atomic E-state index is -0.209. The van der Waals surface area contributed by atoms with Crippen LogP contribution in [0.3, 0.4) is 0 Å². The number of fused-ring (bicyclic) bond motifs is 1. The highest BCUT2D eigenvalue weighted by Crippen LogP contribution is 2.32. The van der Waals surface area contributed by atoms with Gasteiger partial charge in [0.15, 0.2) is 0 Å². The molecule has 0 saturated carbocycles. The van der Waals surface area contributed by atoms with Crippen molar-refractivity contribution < 1.29 is 4.79 Å². The van der Waals surface area contributed by atoms with Crippen molar-refractivity contribution in [2.45, 2.75) is 24.8 Å². The van der Waals surface area contributed by atoms with Crippen molar-refractivity contribution in [2.75, 3.05) is 14.1 Å². The fourth-order valence-corrected chi connectivity index (χ4v) is 2.46. The van der Waals surface area contributed by atoms with Gasteiger partial charge >= 0.3 is 0 Å². The lowest BCUT2D eigenvalue weighted by Crippen LogP contribution is -2.38. The first-order valence-corrected chi connectivity index (χ1v) is 5.63. The third kappa shape index (κ3) is 1.95. The van der Waals surface area contributed by atoms with E-state index in [-0.39, 0.29) is 11.8 Å². The Morgan fingerprint density at radius 2 is 2.06 bits per heavy atom. The second-order valence-electron chi connectivity index (χ2n) is 4.71. The van der Waals surface area contributed by atoms with Crippen LogP contribution in [0.15, 0.2) is 24.3 Å². The van der Waals surface area contributed by atoms with Gasteiger partial charge in [-0.15, -0.1) is 0 Å². The van der Waals surface area contributed by atoms with Gasteiger partial charge in [0.2, 0.25) is 5.91 Å². The molecule has 16 heavy (non-hydrogen) atoms. The summed E-state index contributed by atoms with van der Waals surface area (Å²) in [5.41, 5.74) is 7.87. The van der Waals surface area contributed by atoms with Crippen molar-refractivity contribution in [3.05, 3.63) is 35.4 Å². The summed E-state index contributed by atoms with van der Waals surface area (Å²) in [5.74, 6) is -0.337. The summed E-state index contributed by atoms with van der Waals surface area (Å²) in [6.07, 6.45) is 1.84. The molecule has 0 fully saturated rings. The molecule has 0 aromatic heterocycles. The Morgan fingerprint density at radius 3 is 2.69 bits per heavy atom. The maximum atomic E-state index is 11.5. The lowest BCUT2D eigenvalue weighted by Gasteiger charge is -2.33. The zero-order valence-corrected chi connectivity index (χ0v) is 9.81. The van der Waals surface area contributed by atoms with E-state index < -0.39 is 0 Å². The van der Waals surface area contributed by atoms with Crippen LogP contribution in [0.2, 0.25) is 0 Å². The molecule has 0 heterocycles. The molecule has 0 aliphatic heterocycles. The molecule has 3 heteroatoms. The molecular weight excluding hydrogens is 200 g/mol. The lowest BCUT2D eigenvalue weighted by atomic mass is 9.79. The van der Waals surface area contributed by atoms with E-state index in [1.54, 1.807) is 0 Å². The molecule has 0 spiro atoms. The predicted octanol–water partition coefficient (Wildman–Crippen LogP) is 1.13. The Labute approximate surface area is 96.2 Å². The third-order valence-corrected chi connectivity index (χ3v) is 3.47. The number of benzene rings is 1. The Kier molecular flexibility index (Phi) is 2.97. The predicted molar refractivity (Wildman–Crippen MR) is 64.2 cm³/mol. The molecule has 3 nitrogen and oxygen atoms in total. The van der Waals surface area contributed by atoms with Gasteiger partial charge in [-0.2, -0.15) is 0 Å². The molecule has 0 saturated heterocycles. The summed E-state index contributed by atoms with van der Waals surface area (Å²) in [5, 5.41) is 0. The summed E-state index contributed by atoms with van der Waals surface area (Å²) < 4.78 is 0. The molecule has 1 aromatic carbocycles. The first-order valence-electron chi connectivity index (χ1n) is 5.63. The van der Waals surface area contributed by atoms with Crippen molar-refractivity contribution in [3.63, 3.8) is 0 Å². The zero-order valence-electron chi connectivity index (χ0n) is 9.81. The number of carbonyl (C=O) groups excluding carboxylic acids is 1. The van der Waals surface area contributed by atoms with Crippen LogP contribution in [0.4, 0.5) is 0 Å². The maximum Gasteiger partial charge on any atom is 0.225 e. The first kappa shape index (κ1) is 11.1. The fourth-order valence-electron chi connectivity index (χ4n) is 2.46. The van der Waals surface area contributed by atoms with Gasteiger partial charge in [0.1, 0.15) is 0 Å². The summed E-state index contributed by atoms with van der Waals surface area (Å²) in [6, 6.07) is 8.53. The molecule has 1 aliphatic carbocycles. The number of likely N-dealkylation sites (N-methyl/N-ethyl adjacent to an activating group) is 1. The molecule has 2 rings (SSSR count). The van der Waals surface area contributed by atoms with Gasteiger partial charge in [-0.3, -0.25) is 4.79 Å². The number of primary amides is 1. The van der Waals surface area contributed by atoms with Crippen molar-refractivity contribution >= 4 is 5.91 Å². The number of hydrogen-bond donors (Lipinski definition) is 1. The number of amides is 1. The molecular formula is C13H18N2O. The lowest BCUT2D eigenvalue weighted by molar-refractivity contribution is -0.120. The van der Waals surface area contributed by atoms with E-state index in [1.165, 1.54) is 5.56 Å². The van der Waals surface area contributed by atoms with Crippen LogP contribution in [0.25, 0.3) is 0 Å².